The number of hydrogen-bond donors (Lipinski definition) is 4. The minimum atomic E-state index is -4.41. The number of benzene rings is 2. The molecule has 1 aliphatic heterocycles. The van der Waals surface area contributed by atoms with E-state index in [2.05, 4.69) is 11.0 Å². The van der Waals surface area contributed by atoms with E-state index in [1.807, 2.05) is 28.6 Å². The van der Waals surface area contributed by atoms with E-state index in [1.165, 1.54) is 6.92 Å². The van der Waals surface area contributed by atoms with Crippen LogP contribution in [-0.2, 0) is 23.4 Å². The monoisotopic (exact) mass is 593 g/mol. The van der Waals surface area contributed by atoms with Crippen molar-refractivity contribution in [2.45, 2.75) is 37.0 Å². The van der Waals surface area contributed by atoms with Gasteiger partial charge in [0.1, 0.15) is 24.0 Å². The Balaban J connectivity index is 1.64. The highest BCUT2D eigenvalue weighted by Gasteiger charge is 2.56. The van der Waals surface area contributed by atoms with Crippen LogP contribution in [-0.4, -0.2) is 63.3 Å². The predicted octanol–water partition coefficient (Wildman–Crippen LogP) is 1.23. The van der Waals surface area contributed by atoms with Crippen LogP contribution in [0, 0.1) is 11.3 Å². The lowest BCUT2D eigenvalue weighted by Crippen LogP contribution is -2.48. The summed E-state index contributed by atoms with van der Waals surface area (Å²) in [6.45, 7) is 0.702. The number of halogens is 1. The maximum atomic E-state index is 13.9. The van der Waals surface area contributed by atoms with E-state index in [0.29, 0.717) is 5.39 Å². The first-order valence-electron chi connectivity index (χ1n) is 11.8. The van der Waals surface area contributed by atoms with Gasteiger partial charge in [-0.1, -0.05) is 36.4 Å². The number of fused-ring (bicyclic) bond motifs is 1. The molecule has 0 spiro atoms. The number of aromatic nitrogens is 2. The minimum Gasteiger partial charge on any atom is -0.468 e. The number of carbonyl (C=O) groups is 1. The number of H-pyrrole nitrogens is 1. The second-order valence-corrected chi connectivity index (χ2v) is 10.7. The molecule has 0 bridgehead atoms. The van der Waals surface area contributed by atoms with Crippen LogP contribution in [0.25, 0.3) is 10.8 Å². The van der Waals surface area contributed by atoms with E-state index in [0.717, 1.165) is 29.3 Å². The third kappa shape index (κ3) is 5.99. The molecule has 2 heterocycles. The highest BCUT2D eigenvalue weighted by Crippen LogP contribution is 2.48. The molecule has 1 saturated heterocycles. The number of aliphatic hydroxyl groups excluding tert-OH is 1. The fourth-order valence-corrected chi connectivity index (χ4v) is 5.81. The van der Waals surface area contributed by atoms with Crippen LogP contribution in [0.1, 0.15) is 13.2 Å². The minimum absolute atomic E-state index is 0.168. The molecule has 1 aliphatic rings. The molecular formula is C25H25ClN3O10P. The van der Waals surface area contributed by atoms with E-state index in [4.69, 9.17) is 30.1 Å². The van der Waals surface area contributed by atoms with Gasteiger partial charge < -0.3 is 24.2 Å². The van der Waals surface area contributed by atoms with Crippen molar-refractivity contribution in [3.05, 3.63) is 75.6 Å². The summed E-state index contributed by atoms with van der Waals surface area (Å²) in [4.78, 5) is 38.0. The number of aliphatic hydroxyl groups is 2. The Labute approximate surface area is 232 Å². The molecule has 3 aromatic rings. The van der Waals surface area contributed by atoms with Gasteiger partial charge in [-0.3, -0.25) is 23.7 Å². The van der Waals surface area contributed by atoms with Crippen molar-refractivity contribution in [2.75, 3.05) is 13.7 Å². The molecule has 1 fully saturated rings. The van der Waals surface area contributed by atoms with Gasteiger partial charge in [-0.25, -0.2) is 9.36 Å². The molecule has 1 unspecified atom stereocenters. The lowest BCUT2D eigenvalue weighted by atomic mass is 9.95. The Bertz CT molecular complexity index is 1630. The summed E-state index contributed by atoms with van der Waals surface area (Å²) in [7, 11) is -3.26. The van der Waals surface area contributed by atoms with Crippen molar-refractivity contribution in [1.29, 1.82) is 0 Å². The number of esters is 1. The second-order valence-electron chi connectivity index (χ2n) is 8.77. The zero-order valence-corrected chi connectivity index (χ0v) is 22.8. The quantitative estimate of drug-likeness (QED) is 0.159. The van der Waals surface area contributed by atoms with Crippen LogP contribution in [0.3, 0.4) is 0 Å². The van der Waals surface area contributed by atoms with E-state index >= 15 is 0 Å². The summed E-state index contributed by atoms with van der Waals surface area (Å²) >= 11 is 5.51. The lowest BCUT2D eigenvalue weighted by Gasteiger charge is -2.26. The van der Waals surface area contributed by atoms with Crippen LogP contribution in [0.4, 0.5) is 0 Å². The van der Waals surface area contributed by atoms with Crippen molar-refractivity contribution in [3.63, 3.8) is 0 Å². The number of ether oxygens (including phenoxy) is 2. The van der Waals surface area contributed by atoms with Gasteiger partial charge in [-0.05, 0) is 35.9 Å². The number of nitrogens with one attached hydrogen (secondary N) is 2. The molecule has 212 valence electrons. The third-order valence-electron chi connectivity index (χ3n) is 6.12. The van der Waals surface area contributed by atoms with Crippen molar-refractivity contribution in [3.8, 4) is 17.0 Å². The Morgan fingerprint density at radius 2 is 2.00 bits per heavy atom. The molecule has 6 atom stereocenters. The van der Waals surface area contributed by atoms with E-state index in [1.54, 1.807) is 24.3 Å². The Morgan fingerprint density at radius 1 is 1.27 bits per heavy atom. The van der Waals surface area contributed by atoms with Crippen LogP contribution in [0.15, 0.2) is 64.3 Å². The standard InChI is InChI=1S/C25H25ClN3O10P/c1-15(22(32)36-2)28-40(35,39-18-9-5-7-16-6-3-4-8-17(16)18)37-14-19-21(31)25(34,11-12-26)23(38-19)29-13-10-20(30)27-24(29)33/h3-10,13,15,19,21,23,31,34H,14H2,1-2H3,(H,28,35)(H,27,30,33)/t15-,19+,21+,23+,25+,40?/m0/s1. The van der Waals surface area contributed by atoms with E-state index < -0.39 is 61.7 Å². The van der Waals surface area contributed by atoms with Crippen LogP contribution < -0.4 is 20.9 Å². The van der Waals surface area contributed by atoms with Gasteiger partial charge in [0.2, 0.25) is 5.60 Å². The summed E-state index contributed by atoms with van der Waals surface area (Å²) < 4.78 is 36.5. The lowest BCUT2D eigenvalue weighted by molar-refractivity contribution is -0.142. The number of rotatable bonds is 9. The van der Waals surface area contributed by atoms with Crippen LogP contribution >= 0.6 is 19.3 Å². The molecular weight excluding hydrogens is 569 g/mol. The highest BCUT2D eigenvalue weighted by molar-refractivity contribution is 7.52. The maximum Gasteiger partial charge on any atom is 0.459 e. The van der Waals surface area contributed by atoms with E-state index in [-0.39, 0.29) is 5.75 Å². The van der Waals surface area contributed by atoms with Gasteiger partial charge in [-0.2, -0.15) is 5.09 Å². The summed E-state index contributed by atoms with van der Waals surface area (Å²) in [6.07, 6.45) is -3.89. The first-order chi connectivity index (χ1) is 19.0. The number of carbonyl (C=O) groups excluding carboxylic acids is 1. The number of aromatic amines is 1. The van der Waals surface area contributed by atoms with E-state index in [9.17, 15) is 29.2 Å². The third-order valence-corrected chi connectivity index (χ3v) is 7.84. The Morgan fingerprint density at radius 3 is 2.70 bits per heavy atom. The number of nitrogens with zero attached hydrogens (tertiary/aromatic N) is 1. The molecule has 1 aromatic heterocycles. The number of hydrogen-bond acceptors (Lipinski definition) is 10. The molecule has 0 aliphatic carbocycles. The zero-order chi connectivity index (χ0) is 29.1. The smallest absolute Gasteiger partial charge is 0.459 e. The molecule has 4 N–H and O–H groups in total. The van der Waals surface area contributed by atoms with Gasteiger partial charge in [0, 0.05) is 23.0 Å². The van der Waals surface area contributed by atoms with Gasteiger partial charge in [-0.15, -0.1) is 0 Å². The van der Waals surface area contributed by atoms with Crippen molar-refractivity contribution >= 4 is 36.1 Å². The van der Waals surface area contributed by atoms with Gasteiger partial charge >= 0.3 is 19.4 Å². The fourth-order valence-electron chi connectivity index (χ4n) is 4.14. The number of methoxy groups -OCH3 is 1. The molecule has 0 saturated carbocycles. The largest absolute Gasteiger partial charge is 0.468 e. The summed E-state index contributed by atoms with van der Waals surface area (Å²) in [6, 6.07) is 12.0. The van der Waals surface area contributed by atoms with Crippen molar-refractivity contribution in [1.82, 2.24) is 14.6 Å². The van der Waals surface area contributed by atoms with Gasteiger partial charge in [0.05, 0.1) is 13.7 Å². The summed E-state index contributed by atoms with van der Waals surface area (Å²) in [5, 5.41) is 27.9. The van der Waals surface area contributed by atoms with Gasteiger partial charge in [0.15, 0.2) is 6.23 Å². The zero-order valence-electron chi connectivity index (χ0n) is 21.1. The average molecular weight is 594 g/mol. The Hall–Kier alpha value is -3.47. The first-order valence-corrected chi connectivity index (χ1v) is 13.7. The van der Waals surface area contributed by atoms with Crippen molar-refractivity contribution < 1.29 is 38.1 Å². The molecule has 4 rings (SSSR count). The van der Waals surface area contributed by atoms with Crippen LogP contribution in [0.2, 0.25) is 0 Å². The second kappa shape index (κ2) is 12.0. The maximum absolute atomic E-state index is 13.9. The highest BCUT2D eigenvalue weighted by atomic mass is 35.5. The summed E-state index contributed by atoms with van der Waals surface area (Å²) in [5.74, 6) is 1.62. The predicted molar refractivity (Wildman–Crippen MR) is 143 cm³/mol. The first kappa shape index (κ1) is 29.5. The van der Waals surface area contributed by atoms with Crippen LogP contribution in [0.5, 0.6) is 5.75 Å². The normalized spacial score (nSPS) is 24.5. The SMILES string of the molecule is COC(=O)[C@H](C)NP(=O)(OC[C@H]1O[C@@H](n2ccc(=O)[nH]c2=O)[C@@](O)(C#CCl)[C@@H]1O)Oc1cccc2ccccc12. The van der Waals surface area contributed by atoms with Crippen molar-refractivity contribution in [2.24, 2.45) is 0 Å². The molecule has 2 aromatic carbocycles. The molecule has 15 heteroatoms. The Kier molecular flexibility index (Phi) is 8.82. The topological polar surface area (TPSA) is 178 Å². The summed E-state index contributed by atoms with van der Waals surface area (Å²) in [5.41, 5.74) is -4.10. The van der Waals surface area contributed by atoms with Gasteiger partial charge in [0.25, 0.3) is 5.56 Å². The molecule has 40 heavy (non-hydrogen) atoms. The molecule has 0 radical (unpaired) electrons. The molecule has 13 nitrogen and oxygen atoms in total. The molecule has 0 amide bonds. The fraction of sp³-hybridized carbons (Fsp3) is 0.320. The average Bonchev–Trinajstić information content (AvgIpc) is 3.16.